The summed E-state index contributed by atoms with van der Waals surface area (Å²) in [5, 5.41) is 12.2. The van der Waals surface area contributed by atoms with Gasteiger partial charge in [-0.1, -0.05) is 38.5 Å². The van der Waals surface area contributed by atoms with Gasteiger partial charge in [0.25, 0.3) is 11.8 Å². The maximum Gasteiger partial charge on any atom is 0.251 e. The minimum atomic E-state index is -0.148. The van der Waals surface area contributed by atoms with E-state index in [9.17, 15) is 19.2 Å². The second-order valence-corrected chi connectivity index (χ2v) is 12.3. The van der Waals surface area contributed by atoms with Crippen molar-refractivity contribution in [3.8, 4) is 0 Å². The Hall–Kier alpha value is -3.68. The van der Waals surface area contributed by atoms with Crippen LogP contribution in [0.3, 0.4) is 0 Å². The lowest BCUT2D eigenvalue weighted by Gasteiger charge is -2.27. The summed E-state index contributed by atoms with van der Waals surface area (Å²) in [6, 6.07) is 14.6. The lowest BCUT2D eigenvalue weighted by molar-refractivity contribution is -0.125. The molecule has 3 aliphatic carbocycles. The first-order valence-corrected chi connectivity index (χ1v) is 15.9. The average Bonchev–Trinajstić information content (AvgIpc) is 3.02. The first kappa shape index (κ1) is 29.8. The lowest BCUT2D eigenvalue weighted by atomic mass is 9.81. The lowest BCUT2D eigenvalue weighted by Crippen LogP contribution is -2.36. The molecule has 224 valence electrons. The number of benzene rings is 2. The predicted molar refractivity (Wildman–Crippen MR) is 164 cm³/mol. The van der Waals surface area contributed by atoms with E-state index in [1.165, 1.54) is 12.8 Å². The van der Waals surface area contributed by atoms with Crippen LogP contribution in [0.25, 0.3) is 0 Å². The molecule has 0 unspecified atom stereocenters. The molecule has 5 rings (SSSR count). The zero-order valence-corrected chi connectivity index (χ0v) is 24.5. The molecular formula is C34H44N4O4. The topological polar surface area (TPSA) is 116 Å². The molecule has 0 aliphatic heterocycles. The smallest absolute Gasteiger partial charge is 0.251 e. The summed E-state index contributed by atoms with van der Waals surface area (Å²) >= 11 is 0. The fourth-order valence-corrected chi connectivity index (χ4v) is 6.55. The van der Waals surface area contributed by atoms with Crippen molar-refractivity contribution in [2.24, 2.45) is 11.8 Å². The highest BCUT2D eigenvalue weighted by Crippen LogP contribution is 2.31. The zero-order valence-electron chi connectivity index (χ0n) is 24.5. The quantitative estimate of drug-likeness (QED) is 0.302. The van der Waals surface area contributed by atoms with Gasteiger partial charge in [-0.05, 0) is 99.9 Å². The van der Waals surface area contributed by atoms with Crippen molar-refractivity contribution in [2.75, 3.05) is 10.6 Å². The van der Waals surface area contributed by atoms with Crippen LogP contribution in [0, 0.1) is 11.8 Å². The molecule has 0 saturated heterocycles. The van der Waals surface area contributed by atoms with Crippen LogP contribution in [0.15, 0.2) is 48.5 Å². The van der Waals surface area contributed by atoms with Gasteiger partial charge in [-0.25, -0.2) is 0 Å². The summed E-state index contributed by atoms with van der Waals surface area (Å²) in [4.78, 5) is 50.9. The molecule has 42 heavy (non-hydrogen) atoms. The number of amides is 4. The maximum absolute atomic E-state index is 12.9. The van der Waals surface area contributed by atoms with E-state index in [0.717, 1.165) is 51.4 Å². The maximum atomic E-state index is 12.9. The molecule has 3 aliphatic rings. The standard InChI is InChI=1S/C34H44N4O4/c39-31(37-29-19-15-25(16-20-29)33(41)35-27-7-3-1-4-8-27)23-11-13-24(14-12-23)32(40)38-30-21-17-26(18-22-30)34(42)36-28-9-5-2-6-10-28/h15-24,27-28H,1-14H2,(H,35,41)(H,36,42)(H,37,39)(H,38,40). The Bertz CT molecular complexity index is 1130. The summed E-state index contributed by atoms with van der Waals surface area (Å²) in [6.45, 7) is 0. The molecule has 2 aromatic carbocycles. The third-order valence-electron chi connectivity index (χ3n) is 9.18. The molecule has 0 spiro atoms. The number of carbonyl (C=O) groups is 4. The molecule has 4 N–H and O–H groups in total. The van der Waals surface area contributed by atoms with Crippen molar-refractivity contribution < 1.29 is 19.2 Å². The molecule has 8 heteroatoms. The van der Waals surface area contributed by atoms with E-state index >= 15 is 0 Å². The first-order chi connectivity index (χ1) is 20.4. The van der Waals surface area contributed by atoms with Crippen LogP contribution in [-0.2, 0) is 9.59 Å². The summed E-state index contributed by atoms with van der Waals surface area (Å²) in [5.41, 5.74) is 2.54. The van der Waals surface area contributed by atoms with Crippen molar-refractivity contribution in [3.63, 3.8) is 0 Å². The van der Waals surface area contributed by atoms with Gasteiger partial charge in [0.15, 0.2) is 0 Å². The van der Waals surface area contributed by atoms with Crippen LogP contribution in [0.5, 0.6) is 0 Å². The van der Waals surface area contributed by atoms with Crippen LogP contribution in [0.4, 0.5) is 11.4 Å². The second kappa shape index (κ2) is 14.5. The first-order valence-electron chi connectivity index (χ1n) is 15.9. The monoisotopic (exact) mass is 572 g/mol. The fourth-order valence-electron chi connectivity index (χ4n) is 6.55. The molecule has 0 heterocycles. The molecule has 0 atom stereocenters. The van der Waals surface area contributed by atoms with Gasteiger partial charge >= 0.3 is 0 Å². The van der Waals surface area contributed by atoms with Gasteiger partial charge in [-0.2, -0.15) is 0 Å². The van der Waals surface area contributed by atoms with Gasteiger partial charge in [-0.3, -0.25) is 19.2 Å². The number of nitrogens with one attached hydrogen (secondary N) is 4. The number of carbonyl (C=O) groups excluding carboxylic acids is 4. The number of anilines is 2. The summed E-state index contributed by atoms with van der Waals surface area (Å²) in [7, 11) is 0. The van der Waals surface area contributed by atoms with Crippen molar-refractivity contribution in [2.45, 2.75) is 102 Å². The van der Waals surface area contributed by atoms with E-state index in [2.05, 4.69) is 21.3 Å². The summed E-state index contributed by atoms with van der Waals surface area (Å²) in [5.74, 6) is -0.513. The largest absolute Gasteiger partial charge is 0.349 e. The van der Waals surface area contributed by atoms with E-state index in [0.29, 0.717) is 48.2 Å². The normalized spacial score (nSPS) is 21.6. The zero-order chi connectivity index (χ0) is 29.3. The van der Waals surface area contributed by atoms with Crippen LogP contribution in [0.1, 0.15) is 111 Å². The SMILES string of the molecule is O=C(NC1CCCCC1)c1ccc(NC(=O)C2CCC(C(=O)Nc3ccc(C(=O)NC4CCCCC4)cc3)CC2)cc1. The van der Waals surface area contributed by atoms with E-state index in [1.54, 1.807) is 48.5 Å². The van der Waals surface area contributed by atoms with E-state index in [4.69, 9.17) is 0 Å². The van der Waals surface area contributed by atoms with Crippen molar-refractivity contribution in [1.82, 2.24) is 10.6 Å². The van der Waals surface area contributed by atoms with Crippen LogP contribution < -0.4 is 21.3 Å². The van der Waals surface area contributed by atoms with Crippen molar-refractivity contribution in [1.29, 1.82) is 0 Å². The Balaban J connectivity index is 1.03. The Morgan fingerprint density at radius 2 is 0.786 bits per heavy atom. The summed E-state index contributed by atoms with van der Waals surface area (Å²) in [6.07, 6.45) is 13.9. The molecule has 3 saturated carbocycles. The second-order valence-electron chi connectivity index (χ2n) is 12.3. The number of hydrogen-bond acceptors (Lipinski definition) is 4. The molecule has 0 aromatic heterocycles. The average molecular weight is 573 g/mol. The Kier molecular flexibility index (Phi) is 10.3. The molecule has 3 fully saturated rings. The third-order valence-corrected chi connectivity index (χ3v) is 9.18. The molecule has 0 bridgehead atoms. The molecule has 4 amide bonds. The van der Waals surface area contributed by atoms with E-state index in [-0.39, 0.29) is 47.5 Å². The molecular weight excluding hydrogens is 528 g/mol. The minimum Gasteiger partial charge on any atom is -0.349 e. The van der Waals surface area contributed by atoms with Gasteiger partial charge in [0.1, 0.15) is 0 Å². The Labute approximate surface area is 248 Å². The van der Waals surface area contributed by atoms with Gasteiger partial charge in [0.05, 0.1) is 0 Å². The van der Waals surface area contributed by atoms with Crippen LogP contribution in [0.2, 0.25) is 0 Å². The predicted octanol–water partition coefficient (Wildman–Crippen LogP) is 6.20. The van der Waals surface area contributed by atoms with E-state index in [1.807, 2.05) is 0 Å². The van der Waals surface area contributed by atoms with Crippen molar-refractivity contribution >= 4 is 35.0 Å². The Morgan fingerprint density at radius 3 is 1.12 bits per heavy atom. The summed E-state index contributed by atoms with van der Waals surface area (Å²) < 4.78 is 0. The van der Waals surface area contributed by atoms with Crippen LogP contribution in [-0.4, -0.2) is 35.7 Å². The van der Waals surface area contributed by atoms with Crippen molar-refractivity contribution in [3.05, 3.63) is 59.7 Å². The van der Waals surface area contributed by atoms with Crippen LogP contribution >= 0.6 is 0 Å². The van der Waals surface area contributed by atoms with E-state index < -0.39 is 0 Å². The molecule has 0 radical (unpaired) electrons. The van der Waals surface area contributed by atoms with Gasteiger partial charge < -0.3 is 21.3 Å². The van der Waals surface area contributed by atoms with Gasteiger partial charge in [0.2, 0.25) is 11.8 Å². The highest BCUT2D eigenvalue weighted by Gasteiger charge is 2.30. The highest BCUT2D eigenvalue weighted by atomic mass is 16.2. The third kappa shape index (κ3) is 8.20. The molecule has 2 aromatic rings. The van der Waals surface area contributed by atoms with Gasteiger partial charge in [0, 0.05) is 46.4 Å². The number of hydrogen-bond donors (Lipinski definition) is 4. The van der Waals surface area contributed by atoms with Gasteiger partial charge in [-0.15, -0.1) is 0 Å². The number of rotatable bonds is 8. The Morgan fingerprint density at radius 1 is 0.452 bits per heavy atom. The highest BCUT2D eigenvalue weighted by molar-refractivity contribution is 5.97. The fraction of sp³-hybridized carbons (Fsp3) is 0.529. The minimum absolute atomic E-state index is 0.0460. The molecule has 8 nitrogen and oxygen atoms in total.